The Labute approximate surface area is 114 Å². The maximum Gasteiger partial charge on any atom is 0.243 e. The van der Waals surface area contributed by atoms with Gasteiger partial charge in [-0.25, -0.2) is 8.42 Å². The molecule has 108 valence electrons. The molecule has 0 saturated heterocycles. The van der Waals surface area contributed by atoms with Crippen LogP contribution in [-0.4, -0.2) is 44.1 Å². The molecule has 5 nitrogen and oxygen atoms in total. The van der Waals surface area contributed by atoms with Crippen LogP contribution in [0.2, 0.25) is 0 Å². The molecule has 1 aromatic carbocycles. The molecule has 19 heavy (non-hydrogen) atoms. The number of likely N-dealkylation sites (N-methyl/N-ethyl adjacent to an activating group) is 1. The minimum absolute atomic E-state index is 0.155. The molecule has 0 amide bonds. The van der Waals surface area contributed by atoms with E-state index in [2.05, 4.69) is 0 Å². The number of aliphatic hydroxyl groups excluding tert-OH is 1. The summed E-state index contributed by atoms with van der Waals surface area (Å²) >= 11 is 0. The first kappa shape index (κ1) is 16.1. The molecule has 0 aliphatic carbocycles. The van der Waals surface area contributed by atoms with E-state index in [1.165, 1.54) is 10.4 Å². The van der Waals surface area contributed by atoms with Gasteiger partial charge in [-0.15, -0.1) is 0 Å². The predicted molar refractivity (Wildman–Crippen MR) is 73.3 cm³/mol. The third-order valence-electron chi connectivity index (χ3n) is 2.94. The Morgan fingerprint density at radius 1 is 1.37 bits per heavy atom. The normalized spacial score (nSPS) is 13.7. The van der Waals surface area contributed by atoms with Crippen LogP contribution in [0.1, 0.15) is 19.4 Å². The van der Waals surface area contributed by atoms with E-state index in [4.69, 9.17) is 4.74 Å². The Kier molecular flexibility index (Phi) is 5.93. The van der Waals surface area contributed by atoms with Crippen molar-refractivity contribution in [3.63, 3.8) is 0 Å². The molecule has 0 aliphatic heterocycles. The van der Waals surface area contributed by atoms with E-state index in [9.17, 15) is 13.5 Å². The number of ether oxygens (including phenoxy) is 1. The van der Waals surface area contributed by atoms with Gasteiger partial charge in [0.15, 0.2) is 0 Å². The number of benzene rings is 1. The number of aliphatic hydroxyl groups is 1. The molecule has 0 heterocycles. The molecular weight excluding hydrogens is 266 g/mol. The fourth-order valence-corrected chi connectivity index (χ4v) is 3.90. The van der Waals surface area contributed by atoms with Crippen molar-refractivity contribution < 1.29 is 18.3 Å². The first-order valence-corrected chi connectivity index (χ1v) is 7.62. The van der Waals surface area contributed by atoms with Gasteiger partial charge in [0, 0.05) is 19.7 Å². The van der Waals surface area contributed by atoms with Crippen LogP contribution in [0.3, 0.4) is 0 Å². The highest BCUT2D eigenvalue weighted by Crippen LogP contribution is 2.22. The summed E-state index contributed by atoms with van der Waals surface area (Å²) in [5.41, 5.74) is 0.408. The average Bonchev–Trinajstić information content (AvgIpc) is 2.39. The monoisotopic (exact) mass is 287 g/mol. The second kappa shape index (κ2) is 7.00. The molecule has 0 saturated carbocycles. The number of hydrogen-bond acceptors (Lipinski definition) is 4. The smallest absolute Gasteiger partial charge is 0.243 e. The summed E-state index contributed by atoms with van der Waals surface area (Å²) in [6.45, 7) is 3.96. The highest BCUT2D eigenvalue weighted by molar-refractivity contribution is 7.89. The number of methoxy groups -OCH3 is 1. The van der Waals surface area contributed by atoms with E-state index < -0.39 is 10.0 Å². The topological polar surface area (TPSA) is 66.8 Å². The molecule has 1 atom stereocenters. The van der Waals surface area contributed by atoms with Crippen molar-refractivity contribution in [1.29, 1.82) is 0 Å². The summed E-state index contributed by atoms with van der Waals surface area (Å²) in [4.78, 5) is 0.155. The van der Waals surface area contributed by atoms with Crippen LogP contribution in [0.25, 0.3) is 0 Å². The van der Waals surface area contributed by atoms with Crippen LogP contribution in [0.15, 0.2) is 29.2 Å². The van der Waals surface area contributed by atoms with Gasteiger partial charge in [0.1, 0.15) is 0 Å². The van der Waals surface area contributed by atoms with Crippen molar-refractivity contribution in [3.05, 3.63) is 29.8 Å². The molecule has 1 rings (SSSR count). The van der Waals surface area contributed by atoms with Gasteiger partial charge in [-0.05, 0) is 18.6 Å². The first-order chi connectivity index (χ1) is 8.98. The summed E-state index contributed by atoms with van der Waals surface area (Å²) in [6.07, 6.45) is 0. The van der Waals surface area contributed by atoms with Gasteiger partial charge in [-0.2, -0.15) is 4.31 Å². The highest BCUT2D eigenvalue weighted by Gasteiger charge is 2.29. The molecule has 0 bridgehead atoms. The van der Waals surface area contributed by atoms with E-state index in [0.29, 0.717) is 18.7 Å². The Morgan fingerprint density at radius 3 is 2.53 bits per heavy atom. The largest absolute Gasteiger partial charge is 0.392 e. The van der Waals surface area contributed by atoms with Crippen molar-refractivity contribution in [1.82, 2.24) is 4.31 Å². The number of hydrogen-bond donors (Lipinski definition) is 1. The van der Waals surface area contributed by atoms with Crippen molar-refractivity contribution in [3.8, 4) is 0 Å². The molecule has 1 aromatic rings. The van der Waals surface area contributed by atoms with E-state index in [1.54, 1.807) is 39.2 Å². The van der Waals surface area contributed by atoms with E-state index in [-0.39, 0.29) is 17.5 Å². The third-order valence-corrected chi connectivity index (χ3v) is 5.13. The maximum atomic E-state index is 12.6. The standard InChI is InChI=1S/C13H21NO4S/c1-4-14(11(2)10-18-3)19(16,17)13-8-6-5-7-12(13)9-15/h5-8,11,15H,4,9-10H2,1-3H3. The van der Waals surface area contributed by atoms with Gasteiger partial charge in [-0.1, -0.05) is 25.1 Å². The molecule has 0 fully saturated rings. The molecular formula is C13H21NO4S. The first-order valence-electron chi connectivity index (χ1n) is 6.18. The summed E-state index contributed by atoms with van der Waals surface area (Å²) in [5, 5.41) is 9.27. The van der Waals surface area contributed by atoms with E-state index in [0.717, 1.165) is 0 Å². The number of rotatable bonds is 7. The summed E-state index contributed by atoms with van der Waals surface area (Å²) in [7, 11) is -2.08. The van der Waals surface area contributed by atoms with Gasteiger partial charge in [0.2, 0.25) is 10.0 Å². The number of nitrogens with zero attached hydrogens (tertiary/aromatic N) is 1. The van der Waals surface area contributed by atoms with Crippen molar-refractivity contribution in [2.24, 2.45) is 0 Å². The maximum absolute atomic E-state index is 12.6. The van der Waals surface area contributed by atoms with Crippen LogP contribution in [-0.2, 0) is 21.4 Å². The van der Waals surface area contributed by atoms with Crippen molar-refractivity contribution in [2.75, 3.05) is 20.3 Å². The molecule has 0 spiro atoms. The fraction of sp³-hybridized carbons (Fsp3) is 0.538. The lowest BCUT2D eigenvalue weighted by molar-refractivity contribution is 0.142. The molecule has 0 aliphatic rings. The molecule has 0 aromatic heterocycles. The highest BCUT2D eigenvalue weighted by atomic mass is 32.2. The summed E-state index contributed by atoms with van der Waals surface area (Å²) in [6, 6.07) is 6.23. The summed E-state index contributed by atoms with van der Waals surface area (Å²) in [5.74, 6) is 0. The molecule has 6 heteroatoms. The van der Waals surface area contributed by atoms with Gasteiger partial charge in [0.05, 0.1) is 18.1 Å². The SMILES string of the molecule is CCN(C(C)COC)S(=O)(=O)c1ccccc1CO. The van der Waals surface area contributed by atoms with Gasteiger partial charge >= 0.3 is 0 Å². The minimum atomic E-state index is -3.62. The van der Waals surface area contributed by atoms with Crippen LogP contribution >= 0.6 is 0 Å². The van der Waals surface area contributed by atoms with Gasteiger partial charge in [-0.3, -0.25) is 0 Å². The zero-order chi connectivity index (χ0) is 14.5. The molecule has 1 unspecified atom stereocenters. The predicted octanol–water partition coefficient (Wildman–Crippen LogP) is 1.22. The fourth-order valence-electron chi connectivity index (χ4n) is 2.06. The minimum Gasteiger partial charge on any atom is -0.392 e. The van der Waals surface area contributed by atoms with Crippen LogP contribution in [0.4, 0.5) is 0 Å². The zero-order valence-corrected chi connectivity index (χ0v) is 12.4. The lowest BCUT2D eigenvalue weighted by Gasteiger charge is -2.27. The Bertz CT molecular complexity index is 501. The Morgan fingerprint density at radius 2 is 2.00 bits per heavy atom. The van der Waals surface area contributed by atoms with Crippen LogP contribution in [0.5, 0.6) is 0 Å². The lowest BCUT2D eigenvalue weighted by Crippen LogP contribution is -2.41. The van der Waals surface area contributed by atoms with Crippen LogP contribution in [0, 0.1) is 0 Å². The molecule has 0 radical (unpaired) electrons. The second-order valence-electron chi connectivity index (χ2n) is 4.28. The average molecular weight is 287 g/mol. The molecule has 1 N–H and O–H groups in total. The quantitative estimate of drug-likeness (QED) is 0.819. The lowest BCUT2D eigenvalue weighted by atomic mass is 10.2. The Balaban J connectivity index is 3.20. The summed E-state index contributed by atoms with van der Waals surface area (Å²) < 4.78 is 31.6. The van der Waals surface area contributed by atoms with E-state index >= 15 is 0 Å². The Hall–Kier alpha value is -0.950. The number of sulfonamides is 1. The third kappa shape index (κ3) is 3.54. The van der Waals surface area contributed by atoms with Crippen LogP contribution < -0.4 is 0 Å². The zero-order valence-electron chi connectivity index (χ0n) is 11.5. The van der Waals surface area contributed by atoms with Crippen molar-refractivity contribution >= 4 is 10.0 Å². The second-order valence-corrected chi connectivity index (χ2v) is 6.14. The van der Waals surface area contributed by atoms with Gasteiger partial charge < -0.3 is 9.84 Å². The van der Waals surface area contributed by atoms with Gasteiger partial charge in [0.25, 0.3) is 0 Å². The van der Waals surface area contributed by atoms with E-state index in [1.807, 2.05) is 0 Å². The van der Waals surface area contributed by atoms with Crippen molar-refractivity contribution in [2.45, 2.75) is 31.4 Å².